The Morgan fingerprint density at radius 2 is 1.16 bits per heavy atom. The number of anilines is 3. The Hall–Kier alpha value is -7.56. The van der Waals surface area contributed by atoms with E-state index in [0.717, 1.165) is 102 Å². The summed E-state index contributed by atoms with van der Waals surface area (Å²) in [6, 6.07) is 64.8. The number of furan rings is 2. The van der Waals surface area contributed by atoms with Gasteiger partial charge in [0.15, 0.2) is 0 Å². The number of fused-ring (bicyclic) bond motifs is 9. The maximum atomic E-state index is 6.70. The first-order valence-corrected chi connectivity index (χ1v) is 20.0. The van der Waals surface area contributed by atoms with Gasteiger partial charge in [-0.1, -0.05) is 121 Å². The molecule has 0 fully saturated rings. The molecule has 8 aromatic carbocycles. The Morgan fingerprint density at radius 3 is 2.02 bits per heavy atom. The van der Waals surface area contributed by atoms with Crippen LogP contribution < -0.4 is 4.90 Å². The van der Waals surface area contributed by atoms with Gasteiger partial charge in [-0.25, -0.2) is 0 Å². The van der Waals surface area contributed by atoms with E-state index >= 15 is 0 Å². The molecular weight excluding hydrogens is 709 g/mol. The minimum Gasteiger partial charge on any atom is -0.456 e. The third-order valence-electron chi connectivity index (χ3n) is 11.8. The van der Waals surface area contributed by atoms with Gasteiger partial charge >= 0.3 is 0 Å². The van der Waals surface area contributed by atoms with Crippen LogP contribution in [0.4, 0.5) is 17.1 Å². The van der Waals surface area contributed by atoms with Gasteiger partial charge in [-0.15, -0.1) is 0 Å². The van der Waals surface area contributed by atoms with Crippen molar-refractivity contribution in [3.63, 3.8) is 0 Å². The van der Waals surface area contributed by atoms with E-state index in [-0.39, 0.29) is 0 Å². The summed E-state index contributed by atoms with van der Waals surface area (Å²) >= 11 is 0. The summed E-state index contributed by atoms with van der Waals surface area (Å²) in [5.74, 6) is 0. The number of benzene rings is 8. The summed E-state index contributed by atoms with van der Waals surface area (Å²) in [4.78, 5) is 2.33. The highest BCUT2D eigenvalue weighted by Gasteiger charge is 2.22. The van der Waals surface area contributed by atoms with Gasteiger partial charge in [0.2, 0.25) is 0 Å². The van der Waals surface area contributed by atoms with E-state index < -0.39 is 0 Å². The molecule has 0 radical (unpaired) electrons. The second-order valence-electron chi connectivity index (χ2n) is 15.2. The number of hydrogen-bond donors (Lipinski definition) is 0. The van der Waals surface area contributed by atoms with E-state index in [4.69, 9.17) is 8.83 Å². The predicted octanol–water partition coefficient (Wildman–Crippen LogP) is 15.2. The van der Waals surface area contributed by atoms with Crippen LogP contribution in [0.25, 0.3) is 88.8 Å². The Labute approximate surface area is 335 Å². The third-order valence-corrected chi connectivity index (χ3v) is 11.8. The van der Waals surface area contributed by atoms with Crippen molar-refractivity contribution in [3.8, 4) is 27.9 Å². The molecule has 3 heterocycles. The number of aromatic nitrogens is 1. The maximum absolute atomic E-state index is 6.70. The van der Waals surface area contributed by atoms with Crippen LogP contribution in [-0.2, 0) is 6.42 Å². The van der Waals surface area contributed by atoms with Crippen LogP contribution in [0, 0.1) is 0 Å². The predicted molar refractivity (Wildman–Crippen MR) is 241 cm³/mol. The maximum Gasteiger partial charge on any atom is 0.143 e. The van der Waals surface area contributed by atoms with E-state index in [9.17, 15) is 0 Å². The zero-order valence-electron chi connectivity index (χ0n) is 31.6. The topological polar surface area (TPSA) is 34.5 Å². The number of allylic oxidation sites excluding steroid dienone is 1. The van der Waals surface area contributed by atoms with Crippen molar-refractivity contribution in [1.29, 1.82) is 0 Å². The van der Waals surface area contributed by atoms with Crippen molar-refractivity contribution in [2.75, 3.05) is 4.90 Å². The van der Waals surface area contributed by atoms with Gasteiger partial charge in [-0.05, 0) is 102 Å². The molecule has 1 aliphatic carbocycles. The second kappa shape index (κ2) is 13.0. The first kappa shape index (κ1) is 32.7. The van der Waals surface area contributed by atoms with E-state index in [1.807, 2.05) is 18.2 Å². The largest absolute Gasteiger partial charge is 0.456 e. The van der Waals surface area contributed by atoms with E-state index in [1.54, 1.807) is 0 Å². The van der Waals surface area contributed by atoms with Crippen LogP contribution in [0.1, 0.15) is 17.7 Å². The summed E-state index contributed by atoms with van der Waals surface area (Å²) in [6.45, 7) is 0. The van der Waals surface area contributed by atoms with E-state index in [1.165, 1.54) is 22.2 Å². The van der Waals surface area contributed by atoms with Gasteiger partial charge in [0, 0.05) is 66.5 Å². The molecule has 0 unspecified atom stereocenters. The van der Waals surface area contributed by atoms with Crippen LogP contribution >= 0.6 is 0 Å². The quantitative estimate of drug-likeness (QED) is 0.170. The van der Waals surface area contributed by atoms with Crippen molar-refractivity contribution in [1.82, 2.24) is 4.57 Å². The summed E-state index contributed by atoms with van der Waals surface area (Å²) in [5.41, 5.74) is 16.3. The average Bonchev–Trinajstić information content (AvgIpc) is 3.97. The summed E-state index contributed by atoms with van der Waals surface area (Å²) in [7, 11) is 0. The SMILES string of the molecule is C1=Cc2c(n(-c3cc(-c4ccc(N(c5ccccc5)c5cccc(-c6cccc7oc8ccccc8c67)c5)cc4)c4oc5ccccc5c4c3)c3ccccc23)CC1. The molecule has 0 bridgehead atoms. The first-order valence-electron chi connectivity index (χ1n) is 20.0. The molecule has 0 N–H and O–H groups in total. The first-order chi connectivity index (χ1) is 28.8. The molecule has 11 aromatic rings. The molecule has 58 heavy (non-hydrogen) atoms. The van der Waals surface area contributed by atoms with Crippen LogP contribution in [-0.4, -0.2) is 4.57 Å². The fourth-order valence-corrected chi connectivity index (χ4v) is 9.26. The van der Waals surface area contributed by atoms with Crippen molar-refractivity contribution < 1.29 is 8.83 Å². The van der Waals surface area contributed by atoms with Gasteiger partial charge < -0.3 is 18.3 Å². The van der Waals surface area contributed by atoms with E-state index in [0.29, 0.717) is 0 Å². The summed E-state index contributed by atoms with van der Waals surface area (Å²) < 4.78 is 15.4. The highest BCUT2D eigenvalue weighted by molar-refractivity contribution is 6.13. The summed E-state index contributed by atoms with van der Waals surface area (Å²) in [5, 5.41) is 5.79. The van der Waals surface area contributed by atoms with Crippen molar-refractivity contribution >= 4 is 77.9 Å². The van der Waals surface area contributed by atoms with Crippen LogP contribution in [0.15, 0.2) is 197 Å². The average molecular weight is 745 g/mol. The van der Waals surface area contributed by atoms with Crippen molar-refractivity contribution in [2.45, 2.75) is 12.8 Å². The lowest BCUT2D eigenvalue weighted by Crippen LogP contribution is -2.09. The van der Waals surface area contributed by atoms with Crippen molar-refractivity contribution in [2.24, 2.45) is 0 Å². The molecule has 0 aliphatic heterocycles. The van der Waals surface area contributed by atoms with Gasteiger partial charge in [-0.3, -0.25) is 0 Å². The van der Waals surface area contributed by atoms with Crippen molar-refractivity contribution in [3.05, 3.63) is 199 Å². The number of rotatable bonds is 6. The number of para-hydroxylation sites is 4. The molecule has 0 atom stereocenters. The minimum absolute atomic E-state index is 0.893. The molecule has 4 nitrogen and oxygen atoms in total. The fraction of sp³-hybridized carbons (Fsp3) is 0.0370. The summed E-state index contributed by atoms with van der Waals surface area (Å²) in [6.07, 6.45) is 6.64. The zero-order chi connectivity index (χ0) is 38.2. The Kier molecular flexibility index (Phi) is 7.32. The Morgan fingerprint density at radius 1 is 0.466 bits per heavy atom. The molecular formula is C54H36N2O2. The lowest BCUT2D eigenvalue weighted by atomic mass is 9.98. The van der Waals surface area contributed by atoms with Gasteiger partial charge in [-0.2, -0.15) is 0 Å². The Bertz CT molecular complexity index is 3400. The monoisotopic (exact) mass is 744 g/mol. The van der Waals surface area contributed by atoms with Gasteiger partial charge in [0.1, 0.15) is 22.3 Å². The number of nitrogens with zero attached hydrogens (tertiary/aromatic N) is 2. The van der Waals surface area contributed by atoms with E-state index in [2.05, 4.69) is 185 Å². The molecule has 0 spiro atoms. The molecule has 12 rings (SSSR count). The highest BCUT2D eigenvalue weighted by Crippen LogP contribution is 2.44. The highest BCUT2D eigenvalue weighted by atomic mass is 16.3. The standard InChI is InChI=1S/C54H36N2O2/c1-2-15-37(16-3-1)55(39-17-12-14-36(32-39)41-22-13-27-52-53(41)45-21-7-11-26-51(45)57-52)38-30-28-35(29-31-38)46-33-40(34-47-44-20-6-10-25-50(44)58-54(46)47)56-48-23-8-4-18-42(48)43-19-5-9-24-49(43)56/h1-8,10-23,25-34H,9,24H2. The lowest BCUT2D eigenvalue weighted by molar-refractivity contribution is 0.669. The normalized spacial score (nSPS) is 12.6. The molecule has 0 saturated heterocycles. The lowest BCUT2D eigenvalue weighted by Gasteiger charge is -2.26. The Balaban J connectivity index is 1.01. The van der Waals surface area contributed by atoms with Crippen LogP contribution in [0.3, 0.4) is 0 Å². The van der Waals surface area contributed by atoms with Gasteiger partial charge in [0.25, 0.3) is 0 Å². The van der Waals surface area contributed by atoms with Crippen LogP contribution in [0.5, 0.6) is 0 Å². The fourth-order valence-electron chi connectivity index (χ4n) is 9.26. The molecule has 1 aliphatic rings. The molecule has 0 amide bonds. The number of hydrogen-bond acceptors (Lipinski definition) is 3. The molecule has 3 aromatic heterocycles. The second-order valence-corrected chi connectivity index (χ2v) is 15.2. The molecule has 0 saturated carbocycles. The van der Waals surface area contributed by atoms with Gasteiger partial charge in [0.05, 0.1) is 5.52 Å². The van der Waals surface area contributed by atoms with Crippen LogP contribution in [0.2, 0.25) is 0 Å². The molecule has 274 valence electrons. The smallest absolute Gasteiger partial charge is 0.143 e. The minimum atomic E-state index is 0.893. The molecule has 4 heteroatoms. The third kappa shape index (κ3) is 5.08. The zero-order valence-corrected chi connectivity index (χ0v) is 31.6.